The van der Waals surface area contributed by atoms with Crippen molar-refractivity contribution in [3.8, 4) is 22.3 Å². The zero-order valence-electron chi connectivity index (χ0n) is 13.2. The predicted octanol–water partition coefficient (Wildman–Crippen LogP) is 2.47. The number of hydrogen-bond acceptors (Lipinski definition) is 0. The number of aryl methyl sites for hydroxylation is 1. The summed E-state index contributed by atoms with van der Waals surface area (Å²) >= 11 is 2.20. The Labute approximate surface area is 175 Å². The molecule has 1 nitrogen and oxygen atoms in total. The van der Waals surface area contributed by atoms with Gasteiger partial charge in [-0.3, -0.25) is 0 Å². The van der Waals surface area contributed by atoms with Crippen LogP contribution in [0, 0.1) is 3.57 Å². The van der Waals surface area contributed by atoms with Crippen LogP contribution in [0.1, 0.15) is 5.56 Å². The zero-order valence-corrected chi connectivity index (χ0v) is 17.5. The molecule has 0 aliphatic heterocycles. The number of halogens is 5. The Balaban J connectivity index is 0.00000225. The number of pyridine rings is 1. The molecule has 3 aromatic rings. The molecule has 0 fully saturated rings. The van der Waals surface area contributed by atoms with Crippen molar-refractivity contribution < 1.29 is 41.7 Å². The average Bonchev–Trinajstić information content (AvgIpc) is 2.57. The molecule has 2 aromatic carbocycles. The molecule has 1 heterocycles. The number of nitrogens with zero attached hydrogens (tertiary/aromatic N) is 1. The third-order valence-electron chi connectivity index (χ3n) is 3.72. The molecule has 0 unspecified atom stereocenters. The van der Waals surface area contributed by atoms with E-state index in [1.54, 1.807) is 6.07 Å². The third kappa shape index (κ3) is 4.52. The van der Waals surface area contributed by atoms with Gasteiger partial charge in [0.05, 0.1) is 16.7 Å². The van der Waals surface area contributed by atoms with E-state index in [1.807, 2.05) is 54.3 Å². The van der Waals surface area contributed by atoms with E-state index in [-0.39, 0.29) is 24.0 Å². The highest BCUT2D eigenvalue weighted by atomic mass is 127. The second-order valence-corrected chi connectivity index (χ2v) is 6.59. The highest BCUT2D eigenvalue weighted by Gasteiger charge is 2.30. The van der Waals surface area contributed by atoms with Crippen molar-refractivity contribution in [1.29, 1.82) is 0 Å². The Hall–Kier alpha value is -1.16. The molecule has 0 saturated carbocycles. The van der Waals surface area contributed by atoms with E-state index < -0.39 is 11.7 Å². The van der Waals surface area contributed by atoms with Crippen LogP contribution in [0.4, 0.5) is 13.2 Å². The first-order valence-corrected chi connectivity index (χ1v) is 8.36. The molecule has 0 atom stereocenters. The van der Waals surface area contributed by atoms with Gasteiger partial charge in [0.25, 0.3) is 0 Å². The molecule has 0 aliphatic carbocycles. The minimum atomic E-state index is -4.35. The molecular formula is C19H14F3I2N. The van der Waals surface area contributed by atoms with Gasteiger partial charge in [0.1, 0.15) is 7.05 Å². The standard InChI is InChI=1S/C19H14F3IN.HI/c1-24-11-16(13-6-3-2-4-7-13)18(23)17(12-24)14-8-5-9-15(10-14)19(20,21)22;/h2-12H,1H3;1H/q+1;/p-1. The maximum Gasteiger partial charge on any atom is 0.416 e. The van der Waals surface area contributed by atoms with Crippen LogP contribution in [0.25, 0.3) is 22.3 Å². The minimum absolute atomic E-state index is 0. The summed E-state index contributed by atoms with van der Waals surface area (Å²) in [5.41, 5.74) is 2.73. The minimum Gasteiger partial charge on any atom is -1.00 e. The molecule has 3 rings (SSSR count). The van der Waals surface area contributed by atoms with Gasteiger partial charge >= 0.3 is 6.18 Å². The Morgan fingerprint density at radius 3 is 2.00 bits per heavy atom. The van der Waals surface area contributed by atoms with E-state index in [9.17, 15) is 13.2 Å². The highest BCUT2D eigenvalue weighted by molar-refractivity contribution is 14.1. The van der Waals surface area contributed by atoms with Gasteiger partial charge in [-0.25, -0.2) is 4.57 Å². The lowest BCUT2D eigenvalue weighted by Gasteiger charge is -2.11. The third-order valence-corrected chi connectivity index (χ3v) is 4.89. The lowest BCUT2D eigenvalue weighted by atomic mass is 10.0. The van der Waals surface area contributed by atoms with Crippen LogP contribution in [0.2, 0.25) is 0 Å². The largest absolute Gasteiger partial charge is 1.00 e. The SMILES string of the molecule is C[n+]1cc(-c2ccccc2)c(I)c(-c2cccc(C(F)(F)F)c2)c1.[I-]. The molecule has 0 aliphatic rings. The van der Waals surface area contributed by atoms with Gasteiger partial charge in [0, 0.05) is 3.57 Å². The normalized spacial score (nSPS) is 11.1. The van der Waals surface area contributed by atoms with Crippen molar-refractivity contribution in [2.45, 2.75) is 6.18 Å². The second-order valence-electron chi connectivity index (χ2n) is 5.51. The smallest absolute Gasteiger partial charge is 0.416 e. The van der Waals surface area contributed by atoms with E-state index in [2.05, 4.69) is 22.6 Å². The summed E-state index contributed by atoms with van der Waals surface area (Å²) < 4.78 is 41.8. The first-order valence-electron chi connectivity index (χ1n) is 7.28. The first kappa shape index (κ1) is 20.2. The lowest BCUT2D eigenvalue weighted by molar-refractivity contribution is -0.670. The van der Waals surface area contributed by atoms with Crippen molar-refractivity contribution in [3.63, 3.8) is 0 Å². The van der Waals surface area contributed by atoms with Crippen LogP contribution in [0.5, 0.6) is 0 Å². The fourth-order valence-electron chi connectivity index (χ4n) is 2.59. The summed E-state index contributed by atoms with van der Waals surface area (Å²) in [6.07, 6.45) is -0.515. The number of benzene rings is 2. The summed E-state index contributed by atoms with van der Waals surface area (Å²) in [5.74, 6) is 0. The molecule has 130 valence electrons. The molecule has 0 radical (unpaired) electrons. The Morgan fingerprint density at radius 2 is 1.40 bits per heavy atom. The molecule has 0 bridgehead atoms. The Bertz CT molecular complexity index is 878. The van der Waals surface area contributed by atoms with Crippen LogP contribution in [0.3, 0.4) is 0 Å². The number of rotatable bonds is 2. The van der Waals surface area contributed by atoms with Crippen molar-refractivity contribution >= 4 is 22.6 Å². The summed E-state index contributed by atoms with van der Waals surface area (Å²) in [6.45, 7) is 0. The van der Waals surface area contributed by atoms with Crippen LogP contribution >= 0.6 is 22.6 Å². The number of hydrogen-bond donors (Lipinski definition) is 0. The summed E-state index contributed by atoms with van der Waals surface area (Å²) in [5, 5.41) is 0. The van der Waals surface area contributed by atoms with Crippen molar-refractivity contribution in [2.24, 2.45) is 7.05 Å². The van der Waals surface area contributed by atoms with Crippen LogP contribution in [0.15, 0.2) is 67.0 Å². The highest BCUT2D eigenvalue weighted by Crippen LogP contribution is 2.35. The lowest BCUT2D eigenvalue weighted by Crippen LogP contribution is -3.00. The second kappa shape index (κ2) is 8.03. The molecule has 1 aromatic heterocycles. The van der Waals surface area contributed by atoms with E-state index >= 15 is 0 Å². The molecule has 0 saturated heterocycles. The molecule has 6 heteroatoms. The average molecular weight is 567 g/mol. The quantitative estimate of drug-likeness (QED) is 0.332. The van der Waals surface area contributed by atoms with Gasteiger partial charge in [0.2, 0.25) is 0 Å². The fraction of sp³-hybridized carbons (Fsp3) is 0.105. The summed E-state index contributed by atoms with van der Waals surface area (Å²) in [4.78, 5) is 0. The van der Waals surface area contributed by atoms with Crippen molar-refractivity contribution in [3.05, 3.63) is 76.1 Å². The van der Waals surface area contributed by atoms with Crippen LogP contribution in [-0.2, 0) is 13.2 Å². The summed E-state index contributed by atoms with van der Waals surface area (Å²) in [7, 11) is 1.87. The molecule has 0 spiro atoms. The molecule has 0 N–H and O–H groups in total. The van der Waals surface area contributed by atoms with Gasteiger partial charge in [-0.1, -0.05) is 42.5 Å². The monoisotopic (exact) mass is 567 g/mol. The number of alkyl halides is 3. The maximum absolute atomic E-state index is 13.0. The number of aromatic nitrogens is 1. The van der Waals surface area contributed by atoms with E-state index in [4.69, 9.17) is 0 Å². The van der Waals surface area contributed by atoms with E-state index in [0.717, 1.165) is 26.3 Å². The van der Waals surface area contributed by atoms with Gasteiger partial charge in [-0.15, -0.1) is 0 Å². The predicted molar refractivity (Wildman–Crippen MR) is 96.2 cm³/mol. The van der Waals surface area contributed by atoms with Gasteiger partial charge in [0.15, 0.2) is 12.4 Å². The van der Waals surface area contributed by atoms with Gasteiger partial charge in [-0.2, -0.15) is 13.2 Å². The maximum atomic E-state index is 13.0. The van der Waals surface area contributed by atoms with Gasteiger partial charge in [-0.05, 0) is 45.9 Å². The van der Waals surface area contributed by atoms with Crippen LogP contribution < -0.4 is 28.5 Å². The summed E-state index contributed by atoms with van der Waals surface area (Å²) in [6, 6.07) is 15.3. The Morgan fingerprint density at radius 1 is 0.840 bits per heavy atom. The molecule has 0 amide bonds. The topological polar surface area (TPSA) is 3.88 Å². The first-order chi connectivity index (χ1) is 11.4. The van der Waals surface area contributed by atoms with Crippen molar-refractivity contribution in [1.82, 2.24) is 0 Å². The van der Waals surface area contributed by atoms with Crippen molar-refractivity contribution in [2.75, 3.05) is 0 Å². The van der Waals surface area contributed by atoms with E-state index in [1.165, 1.54) is 12.1 Å². The Kier molecular flexibility index (Phi) is 6.47. The van der Waals surface area contributed by atoms with E-state index in [0.29, 0.717) is 5.56 Å². The van der Waals surface area contributed by atoms with Gasteiger partial charge < -0.3 is 24.0 Å². The van der Waals surface area contributed by atoms with Crippen LogP contribution in [-0.4, -0.2) is 0 Å². The molecule has 25 heavy (non-hydrogen) atoms. The fourth-order valence-corrected chi connectivity index (χ4v) is 3.49. The zero-order chi connectivity index (χ0) is 17.3. The molecular weight excluding hydrogens is 553 g/mol.